The van der Waals surface area contributed by atoms with E-state index in [2.05, 4.69) is 0 Å². The molecule has 0 aliphatic carbocycles. The summed E-state index contributed by atoms with van der Waals surface area (Å²) in [6, 6.07) is 3.52. The van der Waals surface area contributed by atoms with Crippen LogP contribution >= 0.6 is 23.2 Å². The smallest absolute Gasteiger partial charge is 0.252 e. The molecule has 4 nitrogen and oxygen atoms in total. The fourth-order valence-corrected chi connectivity index (χ4v) is 2.06. The number of hydrogen-bond acceptors (Lipinski definition) is 3. The summed E-state index contributed by atoms with van der Waals surface area (Å²) in [5.41, 5.74) is 0.115. The zero-order valence-electron chi connectivity index (χ0n) is 6.70. The highest BCUT2D eigenvalue weighted by Crippen LogP contribution is 2.22. The minimum Gasteiger partial charge on any atom is -0.276 e. The predicted octanol–water partition coefficient (Wildman–Crippen LogP) is 1.37. The Kier molecular flexibility index (Phi) is 3.16. The highest BCUT2D eigenvalue weighted by Gasteiger charge is 2.14. The number of carbonyl (C=O) groups is 1. The number of rotatable bonds is 2. The zero-order chi connectivity index (χ0) is 10.9. The van der Waals surface area contributed by atoms with Crippen LogP contribution < -0.4 is 5.14 Å². The van der Waals surface area contributed by atoms with Crippen molar-refractivity contribution in [1.82, 2.24) is 0 Å². The van der Waals surface area contributed by atoms with Crippen LogP contribution in [0.5, 0.6) is 0 Å². The molecule has 14 heavy (non-hydrogen) atoms. The molecule has 7 heteroatoms. The molecule has 1 aromatic carbocycles. The first-order valence-electron chi connectivity index (χ1n) is 3.34. The topological polar surface area (TPSA) is 77.2 Å². The van der Waals surface area contributed by atoms with E-state index < -0.39 is 15.3 Å². The van der Waals surface area contributed by atoms with Gasteiger partial charge in [0.25, 0.3) is 5.24 Å². The van der Waals surface area contributed by atoms with E-state index >= 15 is 0 Å². The van der Waals surface area contributed by atoms with Crippen molar-refractivity contribution < 1.29 is 13.2 Å². The molecule has 0 radical (unpaired) electrons. The first kappa shape index (κ1) is 11.5. The quantitative estimate of drug-likeness (QED) is 0.809. The maximum Gasteiger partial charge on any atom is 0.252 e. The van der Waals surface area contributed by atoms with Gasteiger partial charge in [0.2, 0.25) is 10.0 Å². The predicted molar refractivity (Wildman–Crippen MR) is 53.0 cm³/mol. The van der Waals surface area contributed by atoms with Gasteiger partial charge in [-0.1, -0.05) is 11.6 Å². The third-order valence-corrected chi connectivity index (χ3v) is 3.08. The van der Waals surface area contributed by atoms with Crippen LogP contribution in [0.15, 0.2) is 23.1 Å². The monoisotopic (exact) mass is 253 g/mol. The van der Waals surface area contributed by atoms with Crippen LogP contribution in [0.25, 0.3) is 0 Å². The van der Waals surface area contributed by atoms with Crippen molar-refractivity contribution in [2.24, 2.45) is 5.14 Å². The number of benzene rings is 1. The van der Waals surface area contributed by atoms with Crippen molar-refractivity contribution in [2.75, 3.05) is 0 Å². The molecule has 0 saturated carbocycles. The molecule has 1 aromatic rings. The third-order valence-electron chi connectivity index (χ3n) is 1.47. The van der Waals surface area contributed by atoms with Crippen LogP contribution in [-0.4, -0.2) is 13.7 Å². The first-order valence-corrected chi connectivity index (χ1v) is 5.65. The molecule has 0 saturated heterocycles. The molecular weight excluding hydrogens is 249 g/mol. The molecule has 0 aliphatic rings. The molecule has 0 bridgehead atoms. The van der Waals surface area contributed by atoms with Crippen molar-refractivity contribution >= 4 is 38.5 Å². The number of carbonyl (C=O) groups excluding carboxylic acids is 1. The van der Waals surface area contributed by atoms with Gasteiger partial charge < -0.3 is 0 Å². The average Bonchev–Trinajstić information content (AvgIpc) is 2.01. The Labute approximate surface area is 90.7 Å². The third kappa shape index (κ3) is 2.45. The van der Waals surface area contributed by atoms with Crippen LogP contribution in [-0.2, 0) is 10.0 Å². The van der Waals surface area contributed by atoms with E-state index in [0.717, 1.165) is 12.1 Å². The average molecular weight is 254 g/mol. The van der Waals surface area contributed by atoms with E-state index in [0.29, 0.717) is 0 Å². The molecule has 0 amide bonds. The summed E-state index contributed by atoms with van der Waals surface area (Å²) in [7, 11) is -3.86. The van der Waals surface area contributed by atoms with Crippen molar-refractivity contribution in [2.45, 2.75) is 4.90 Å². The number of primary sulfonamides is 1. The normalized spacial score (nSPS) is 11.4. The van der Waals surface area contributed by atoms with Gasteiger partial charge in [0, 0.05) is 5.56 Å². The summed E-state index contributed by atoms with van der Waals surface area (Å²) >= 11 is 10.8. The lowest BCUT2D eigenvalue weighted by Crippen LogP contribution is -2.12. The summed E-state index contributed by atoms with van der Waals surface area (Å²) in [5, 5.41) is 4.01. The minimum atomic E-state index is -3.86. The summed E-state index contributed by atoms with van der Waals surface area (Å²) in [6.45, 7) is 0. The van der Waals surface area contributed by atoms with Gasteiger partial charge in [-0.2, -0.15) is 0 Å². The van der Waals surface area contributed by atoms with E-state index in [-0.39, 0.29) is 15.5 Å². The molecule has 76 valence electrons. The molecule has 0 unspecified atom stereocenters. The van der Waals surface area contributed by atoms with Crippen molar-refractivity contribution in [3.63, 3.8) is 0 Å². The minimum absolute atomic E-state index is 0.115. The molecule has 0 spiro atoms. The van der Waals surface area contributed by atoms with Crippen molar-refractivity contribution in [1.29, 1.82) is 0 Å². The van der Waals surface area contributed by atoms with Gasteiger partial charge in [-0.15, -0.1) is 0 Å². The highest BCUT2D eigenvalue weighted by molar-refractivity contribution is 7.89. The molecular formula is C7H5Cl2NO3S. The molecule has 0 heterocycles. The van der Waals surface area contributed by atoms with Gasteiger partial charge in [-0.05, 0) is 29.8 Å². The van der Waals surface area contributed by atoms with Crippen molar-refractivity contribution in [3.8, 4) is 0 Å². The van der Waals surface area contributed by atoms with Crippen molar-refractivity contribution in [3.05, 3.63) is 28.8 Å². The van der Waals surface area contributed by atoms with Gasteiger partial charge in [0.05, 0.1) is 5.02 Å². The Bertz CT molecular complexity index is 484. The molecule has 0 aliphatic heterocycles. The summed E-state index contributed by atoms with van der Waals surface area (Å²) in [5.74, 6) is 0. The fraction of sp³-hybridized carbons (Fsp3) is 0. The number of halogens is 2. The van der Waals surface area contributed by atoms with Gasteiger partial charge in [0.1, 0.15) is 4.90 Å². The van der Waals surface area contributed by atoms with Gasteiger partial charge >= 0.3 is 0 Å². The molecule has 1 rings (SSSR count). The zero-order valence-corrected chi connectivity index (χ0v) is 9.03. The Morgan fingerprint density at radius 3 is 2.29 bits per heavy atom. The van der Waals surface area contributed by atoms with Crippen LogP contribution in [0.3, 0.4) is 0 Å². The van der Waals surface area contributed by atoms with Crippen LogP contribution in [0.1, 0.15) is 10.4 Å². The standard InChI is InChI=1S/C7H5Cl2NO3S/c8-5-3-4(7(9)11)1-2-6(5)14(10,12)13/h1-3H,(H2,10,12,13). The Morgan fingerprint density at radius 2 is 1.93 bits per heavy atom. The Hall–Kier alpha value is -0.620. The molecule has 0 aromatic heterocycles. The van der Waals surface area contributed by atoms with Crippen LogP contribution in [0.4, 0.5) is 0 Å². The number of sulfonamides is 1. The van der Waals surface area contributed by atoms with E-state index in [9.17, 15) is 13.2 Å². The second-order valence-electron chi connectivity index (χ2n) is 2.46. The fourth-order valence-electron chi connectivity index (χ4n) is 0.854. The molecule has 0 atom stereocenters. The highest BCUT2D eigenvalue weighted by atomic mass is 35.5. The number of nitrogens with two attached hydrogens (primary N) is 1. The maximum atomic E-state index is 10.9. The molecule has 0 fully saturated rings. The lowest BCUT2D eigenvalue weighted by atomic mass is 10.2. The first-order chi connectivity index (χ1) is 6.32. The van der Waals surface area contributed by atoms with Gasteiger partial charge in [-0.3, -0.25) is 4.79 Å². The SMILES string of the molecule is NS(=O)(=O)c1ccc(C(=O)Cl)cc1Cl. The maximum absolute atomic E-state index is 10.9. The van der Waals surface area contributed by atoms with Gasteiger partial charge in [0.15, 0.2) is 0 Å². The Balaban J connectivity index is 3.35. The van der Waals surface area contributed by atoms with Crippen LogP contribution in [0, 0.1) is 0 Å². The summed E-state index contributed by atoms with van der Waals surface area (Å²) < 4.78 is 21.8. The van der Waals surface area contributed by atoms with E-state index in [4.69, 9.17) is 28.3 Å². The summed E-state index contributed by atoms with van der Waals surface area (Å²) in [4.78, 5) is 10.4. The lowest BCUT2D eigenvalue weighted by molar-refractivity contribution is 0.108. The van der Waals surface area contributed by atoms with Gasteiger partial charge in [-0.25, -0.2) is 13.6 Å². The van der Waals surface area contributed by atoms with E-state index in [1.807, 2.05) is 0 Å². The second-order valence-corrected chi connectivity index (χ2v) is 4.74. The van der Waals surface area contributed by atoms with Crippen LogP contribution in [0.2, 0.25) is 5.02 Å². The molecule has 2 N–H and O–H groups in total. The van der Waals surface area contributed by atoms with E-state index in [1.165, 1.54) is 6.07 Å². The second kappa shape index (κ2) is 3.86. The van der Waals surface area contributed by atoms with E-state index in [1.54, 1.807) is 0 Å². The summed E-state index contributed by atoms with van der Waals surface area (Å²) in [6.07, 6.45) is 0. The largest absolute Gasteiger partial charge is 0.276 e. The number of hydrogen-bond donors (Lipinski definition) is 1. The lowest BCUT2D eigenvalue weighted by Gasteiger charge is -2.01. The Morgan fingerprint density at radius 1 is 1.36 bits per heavy atom.